The molecule has 0 unspecified atom stereocenters. The van der Waals surface area contributed by atoms with Crippen LogP contribution in [0.1, 0.15) is 15.9 Å². The van der Waals surface area contributed by atoms with Gasteiger partial charge in [0.25, 0.3) is 11.6 Å². The minimum Gasteiger partial charge on any atom is -0.321 e. The van der Waals surface area contributed by atoms with Gasteiger partial charge >= 0.3 is 0 Å². The van der Waals surface area contributed by atoms with Gasteiger partial charge in [0, 0.05) is 17.0 Å². The molecule has 1 heterocycles. The average Bonchev–Trinajstić information content (AvgIpc) is 2.60. The van der Waals surface area contributed by atoms with E-state index in [-0.39, 0.29) is 11.6 Å². The van der Waals surface area contributed by atoms with Crippen molar-refractivity contribution >= 4 is 28.1 Å². The summed E-state index contributed by atoms with van der Waals surface area (Å²) < 4.78 is 0. The summed E-state index contributed by atoms with van der Waals surface area (Å²) in [6.07, 6.45) is 0. The van der Waals surface area contributed by atoms with E-state index < -0.39 is 4.92 Å². The summed E-state index contributed by atoms with van der Waals surface area (Å²) in [6, 6.07) is 6.45. The van der Waals surface area contributed by atoms with Gasteiger partial charge in [-0.2, -0.15) is 0 Å². The predicted octanol–water partition coefficient (Wildman–Crippen LogP) is 2.62. The second kappa shape index (κ2) is 3.04. The number of nitrogens with zero attached hydrogens (tertiary/aromatic N) is 1. The highest BCUT2D eigenvalue weighted by Crippen LogP contribution is 2.39. The van der Waals surface area contributed by atoms with Crippen molar-refractivity contribution < 1.29 is 9.72 Å². The monoisotopic (exact) mass is 228 g/mol. The van der Waals surface area contributed by atoms with Crippen LogP contribution in [-0.4, -0.2) is 10.8 Å². The zero-order chi connectivity index (χ0) is 12.2. The Morgan fingerprint density at radius 1 is 1.18 bits per heavy atom. The lowest BCUT2D eigenvalue weighted by Gasteiger charge is -2.04. The molecule has 2 aromatic rings. The topological polar surface area (TPSA) is 72.2 Å². The highest BCUT2D eigenvalue weighted by molar-refractivity contribution is 6.25. The Morgan fingerprint density at radius 2 is 1.94 bits per heavy atom. The number of carbonyl (C=O) groups excluding carboxylic acids is 1. The van der Waals surface area contributed by atoms with Crippen LogP contribution in [0.5, 0.6) is 0 Å². The lowest BCUT2D eigenvalue weighted by atomic mass is 9.99. The Hall–Kier alpha value is -2.43. The van der Waals surface area contributed by atoms with Crippen LogP contribution < -0.4 is 5.32 Å². The molecule has 0 saturated carbocycles. The summed E-state index contributed by atoms with van der Waals surface area (Å²) in [7, 11) is 0. The minimum absolute atomic E-state index is 0.0413. The first-order valence-corrected chi connectivity index (χ1v) is 5.11. The van der Waals surface area contributed by atoms with Gasteiger partial charge in [0.2, 0.25) is 0 Å². The molecule has 1 N–H and O–H groups in total. The van der Waals surface area contributed by atoms with Crippen LogP contribution in [0.3, 0.4) is 0 Å². The van der Waals surface area contributed by atoms with Crippen molar-refractivity contribution in [2.45, 2.75) is 6.92 Å². The van der Waals surface area contributed by atoms with Crippen LogP contribution >= 0.6 is 0 Å². The molecule has 1 aliphatic rings. The van der Waals surface area contributed by atoms with E-state index in [1.165, 1.54) is 6.07 Å². The number of non-ortho nitro benzene ring substituents is 1. The number of carbonyl (C=O) groups is 1. The number of nitrogens with one attached hydrogen (secondary N) is 1. The molecular formula is C12H8N2O3. The van der Waals surface area contributed by atoms with Gasteiger partial charge in [-0.05, 0) is 24.6 Å². The zero-order valence-electron chi connectivity index (χ0n) is 8.98. The molecule has 3 rings (SSSR count). The van der Waals surface area contributed by atoms with Gasteiger partial charge in [-0.15, -0.1) is 0 Å². The van der Waals surface area contributed by atoms with Crippen molar-refractivity contribution in [3.05, 3.63) is 45.5 Å². The van der Waals surface area contributed by atoms with Gasteiger partial charge in [-0.1, -0.05) is 6.07 Å². The third kappa shape index (κ3) is 1.16. The fourth-order valence-electron chi connectivity index (χ4n) is 2.28. The highest BCUT2D eigenvalue weighted by atomic mass is 16.6. The number of aryl methyl sites for hydroxylation is 1. The molecule has 0 spiro atoms. The molecule has 5 nitrogen and oxygen atoms in total. The number of hydrogen-bond donors (Lipinski definition) is 1. The minimum atomic E-state index is -0.418. The van der Waals surface area contributed by atoms with E-state index in [2.05, 4.69) is 5.32 Å². The molecule has 0 bridgehead atoms. The van der Waals surface area contributed by atoms with E-state index in [9.17, 15) is 14.9 Å². The molecule has 5 heteroatoms. The maximum atomic E-state index is 11.7. The van der Waals surface area contributed by atoms with Crippen LogP contribution in [0.15, 0.2) is 24.3 Å². The molecule has 0 saturated heterocycles. The molecule has 0 aromatic heterocycles. The Balaban J connectivity index is 2.56. The molecule has 0 radical (unpaired) electrons. The van der Waals surface area contributed by atoms with Gasteiger partial charge in [0.1, 0.15) is 0 Å². The normalized spacial score (nSPS) is 12.9. The summed E-state index contributed by atoms with van der Waals surface area (Å²) in [5, 5.41) is 14.9. The molecule has 0 aliphatic carbocycles. The fourth-order valence-corrected chi connectivity index (χ4v) is 2.28. The van der Waals surface area contributed by atoms with Crippen LogP contribution in [0.25, 0.3) is 10.8 Å². The first kappa shape index (κ1) is 9.77. The maximum Gasteiger partial charge on any atom is 0.277 e. The maximum absolute atomic E-state index is 11.7. The van der Waals surface area contributed by atoms with Crippen LogP contribution in [0.2, 0.25) is 0 Å². The number of nitro benzene ring substituents is 1. The Bertz CT molecular complexity index is 692. The second-order valence-electron chi connectivity index (χ2n) is 4.02. The van der Waals surface area contributed by atoms with E-state index in [1.807, 2.05) is 0 Å². The Kier molecular flexibility index (Phi) is 1.75. The summed E-state index contributed by atoms with van der Waals surface area (Å²) in [5.74, 6) is -0.203. The van der Waals surface area contributed by atoms with E-state index >= 15 is 0 Å². The first-order valence-electron chi connectivity index (χ1n) is 5.11. The lowest BCUT2D eigenvalue weighted by molar-refractivity contribution is -0.383. The van der Waals surface area contributed by atoms with Gasteiger partial charge in [0.15, 0.2) is 0 Å². The molecule has 0 fully saturated rings. The summed E-state index contributed by atoms with van der Waals surface area (Å²) >= 11 is 0. The SMILES string of the molecule is Cc1ccc2c3c(ccc([N+](=O)[O-])c13)NC2=O. The van der Waals surface area contributed by atoms with Crippen molar-refractivity contribution in [3.63, 3.8) is 0 Å². The van der Waals surface area contributed by atoms with Crippen LogP contribution in [-0.2, 0) is 0 Å². The summed E-state index contributed by atoms with van der Waals surface area (Å²) in [5.41, 5.74) is 1.99. The third-order valence-electron chi connectivity index (χ3n) is 3.04. The zero-order valence-corrected chi connectivity index (χ0v) is 8.98. The second-order valence-corrected chi connectivity index (χ2v) is 4.02. The van der Waals surface area contributed by atoms with Crippen molar-refractivity contribution in [1.29, 1.82) is 0 Å². The number of benzene rings is 2. The van der Waals surface area contributed by atoms with E-state index in [1.54, 1.807) is 25.1 Å². The smallest absolute Gasteiger partial charge is 0.277 e. The van der Waals surface area contributed by atoms with Gasteiger partial charge in [0.05, 0.1) is 16.0 Å². The first-order chi connectivity index (χ1) is 8.09. The standard InChI is InChI=1S/C12H8N2O3/c1-6-2-3-7-11-8(13-12(7)15)4-5-9(10(6)11)14(16)17/h2-5H,1H3,(H,13,15). The molecule has 1 aliphatic heterocycles. The van der Waals surface area contributed by atoms with E-state index in [0.717, 1.165) is 5.56 Å². The fraction of sp³-hybridized carbons (Fsp3) is 0.0833. The Labute approximate surface area is 96.2 Å². The van der Waals surface area contributed by atoms with Gasteiger partial charge in [-0.25, -0.2) is 0 Å². The van der Waals surface area contributed by atoms with E-state index in [0.29, 0.717) is 22.0 Å². The van der Waals surface area contributed by atoms with Crippen molar-refractivity contribution in [1.82, 2.24) is 0 Å². The van der Waals surface area contributed by atoms with Gasteiger partial charge in [-0.3, -0.25) is 14.9 Å². The summed E-state index contributed by atoms with van der Waals surface area (Å²) in [4.78, 5) is 22.2. The van der Waals surface area contributed by atoms with Gasteiger partial charge < -0.3 is 5.32 Å². The van der Waals surface area contributed by atoms with Crippen LogP contribution in [0, 0.1) is 17.0 Å². The number of rotatable bonds is 1. The molecule has 2 aromatic carbocycles. The molecule has 0 atom stereocenters. The largest absolute Gasteiger partial charge is 0.321 e. The lowest BCUT2D eigenvalue weighted by Crippen LogP contribution is -2.03. The quantitative estimate of drug-likeness (QED) is 0.602. The molecule has 84 valence electrons. The van der Waals surface area contributed by atoms with Crippen LogP contribution in [0.4, 0.5) is 11.4 Å². The molecular weight excluding hydrogens is 220 g/mol. The van der Waals surface area contributed by atoms with Crippen molar-refractivity contribution in [2.24, 2.45) is 0 Å². The predicted molar refractivity (Wildman–Crippen MR) is 63.3 cm³/mol. The number of nitro groups is 1. The average molecular weight is 228 g/mol. The third-order valence-corrected chi connectivity index (χ3v) is 3.04. The number of hydrogen-bond acceptors (Lipinski definition) is 3. The molecule has 1 amide bonds. The van der Waals surface area contributed by atoms with Crippen molar-refractivity contribution in [2.75, 3.05) is 5.32 Å². The summed E-state index contributed by atoms with van der Waals surface area (Å²) in [6.45, 7) is 1.80. The highest BCUT2D eigenvalue weighted by Gasteiger charge is 2.26. The number of anilines is 1. The Morgan fingerprint density at radius 3 is 2.65 bits per heavy atom. The van der Waals surface area contributed by atoms with Crippen molar-refractivity contribution in [3.8, 4) is 0 Å². The van der Waals surface area contributed by atoms with E-state index in [4.69, 9.17) is 0 Å². The molecule has 17 heavy (non-hydrogen) atoms. The number of amides is 1.